The van der Waals surface area contributed by atoms with Gasteiger partial charge in [0.15, 0.2) is 0 Å². The number of hydrogen-bond acceptors (Lipinski definition) is 6. The van der Waals surface area contributed by atoms with Crippen molar-refractivity contribution in [2.24, 2.45) is 9.98 Å². The highest BCUT2D eigenvalue weighted by Crippen LogP contribution is 2.45. The Labute approximate surface area is 311 Å². The lowest BCUT2D eigenvalue weighted by Crippen LogP contribution is -2.18. The van der Waals surface area contributed by atoms with Crippen molar-refractivity contribution >= 4 is 23.6 Å². The molecule has 0 atom stereocenters. The Bertz CT molecular complexity index is 1690. The largest absolute Gasteiger partial charge is 0.507 e. The van der Waals surface area contributed by atoms with Crippen molar-refractivity contribution in [2.75, 3.05) is 14.2 Å². The minimum absolute atomic E-state index is 0. The van der Waals surface area contributed by atoms with E-state index < -0.39 is 0 Å². The molecule has 1 aromatic heterocycles. The van der Waals surface area contributed by atoms with E-state index in [1.165, 1.54) is 0 Å². The molecule has 0 aliphatic carbocycles. The Balaban J connectivity index is 0.00000181. The summed E-state index contributed by atoms with van der Waals surface area (Å²) >= 11 is 0. The lowest BCUT2D eigenvalue weighted by atomic mass is 9.77. The van der Waals surface area contributed by atoms with Crippen molar-refractivity contribution in [3.8, 4) is 11.5 Å². The van der Waals surface area contributed by atoms with Gasteiger partial charge in [-0.05, 0) is 93.5 Å². The number of rotatable bonds is 4. The van der Waals surface area contributed by atoms with Gasteiger partial charge < -0.3 is 30.9 Å². The number of aliphatic hydroxyl groups excluding tert-OH is 2. The SMILES string of the molecule is CC(C)(C)c1cc(/C(=C2\C=CC=N2)c2ccc(/C(=C3/C=CC=N3)c3cc(C(C)(C)C)c(O)c(C(C)(C)C)c3)[nH]2)cc(C(C)(C)C)c1O.CO.CO.O. The summed E-state index contributed by atoms with van der Waals surface area (Å²) in [6.45, 7) is 25.6. The lowest BCUT2D eigenvalue weighted by Gasteiger charge is -2.29. The molecule has 0 spiro atoms. The van der Waals surface area contributed by atoms with Crippen LogP contribution in [0.15, 0.2) is 82.1 Å². The molecule has 282 valence electrons. The number of allylic oxidation sites excluding steroid dienone is 4. The Morgan fingerprint density at radius 2 is 0.769 bits per heavy atom. The second-order valence-corrected chi connectivity index (χ2v) is 16.9. The molecule has 3 heterocycles. The zero-order valence-corrected chi connectivity index (χ0v) is 33.6. The number of phenolic OH excluding ortho intramolecular Hbond substituents is 2. The van der Waals surface area contributed by atoms with E-state index in [9.17, 15) is 10.2 Å². The van der Waals surface area contributed by atoms with Gasteiger partial charge in [-0.2, -0.15) is 0 Å². The normalized spacial score (nSPS) is 15.8. The van der Waals surface area contributed by atoms with E-state index in [1.807, 2.05) is 36.7 Å². The first-order chi connectivity index (χ1) is 23.7. The van der Waals surface area contributed by atoms with Crippen LogP contribution in [0.3, 0.4) is 0 Å². The van der Waals surface area contributed by atoms with Gasteiger partial charge in [0, 0.05) is 71.4 Å². The maximum atomic E-state index is 11.5. The molecule has 0 fully saturated rings. The standard InChI is InChI=1S/C42H51N3O2.2CH4O.H2O/c1-39(2,3)27-21-25(22-28(37(27)46)40(4,5)6)35(31-15-13-19-43-31)33-17-18-34(45-33)36(32-16-14-20-44-32)26-23-29(41(7,8)9)38(47)30(24-26)42(10,11)12;2*1-2;/h13-24,45-47H,1-12H3;2*2H,1H3;1H2/b35-31-,36-32-;;;. The molecule has 0 saturated heterocycles. The molecular formula is C44H61N3O5. The molecule has 2 aliphatic heterocycles. The van der Waals surface area contributed by atoms with Crippen LogP contribution in [-0.2, 0) is 21.7 Å². The molecule has 3 aromatic rings. The Hall–Kier alpha value is -4.50. The summed E-state index contributed by atoms with van der Waals surface area (Å²) in [7, 11) is 2.00. The third-order valence-electron chi connectivity index (χ3n) is 8.87. The van der Waals surface area contributed by atoms with E-state index in [0.29, 0.717) is 11.5 Å². The fraction of sp³-hybridized carbons (Fsp3) is 0.409. The van der Waals surface area contributed by atoms with Crippen LogP contribution in [0.5, 0.6) is 11.5 Å². The predicted molar refractivity (Wildman–Crippen MR) is 219 cm³/mol. The minimum Gasteiger partial charge on any atom is -0.507 e. The van der Waals surface area contributed by atoms with E-state index in [2.05, 4.69) is 124 Å². The molecule has 0 bridgehead atoms. The topological polar surface area (TPSA) is 153 Å². The molecule has 0 saturated carbocycles. The number of nitrogens with one attached hydrogen (secondary N) is 1. The molecule has 8 nitrogen and oxygen atoms in total. The monoisotopic (exact) mass is 711 g/mol. The van der Waals surface area contributed by atoms with E-state index >= 15 is 0 Å². The maximum Gasteiger partial charge on any atom is 0.123 e. The molecule has 8 heteroatoms. The minimum atomic E-state index is -0.273. The number of hydrogen-bond donors (Lipinski definition) is 5. The zero-order chi connectivity index (χ0) is 38.7. The highest BCUT2D eigenvalue weighted by atomic mass is 16.3. The highest BCUT2D eigenvalue weighted by molar-refractivity contribution is 5.92. The third-order valence-corrected chi connectivity index (χ3v) is 8.87. The molecular weight excluding hydrogens is 651 g/mol. The van der Waals surface area contributed by atoms with Gasteiger partial charge in [-0.25, -0.2) is 0 Å². The van der Waals surface area contributed by atoms with Gasteiger partial charge in [0.1, 0.15) is 11.5 Å². The maximum absolute atomic E-state index is 11.5. The third kappa shape index (κ3) is 9.29. The van der Waals surface area contributed by atoms with Gasteiger partial charge in [-0.1, -0.05) is 83.1 Å². The number of H-pyrrole nitrogens is 1. The van der Waals surface area contributed by atoms with Gasteiger partial charge in [0.2, 0.25) is 0 Å². The van der Waals surface area contributed by atoms with Crippen molar-refractivity contribution in [2.45, 2.75) is 105 Å². The van der Waals surface area contributed by atoms with Crippen molar-refractivity contribution in [3.05, 3.63) is 117 Å². The summed E-state index contributed by atoms with van der Waals surface area (Å²) in [5.74, 6) is 0.704. The number of aliphatic hydroxyl groups is 2. The van der Waals surface area contributed by atoms with Gasteiger partial charge >= 0.3 is 0 Å². The summed E-state index contributed by atoms with van der Waals surface area (Å²) in [6, 6.07) is 12.7. The number of phenols is 2. The number of aliphatic imine (C=N–C) groups is 2. The van der Waals surface area contributed by atoms with Crippen molar-refractivity contribution in [1.29, 1.82) is 0 Å². The average Bonchev–Trinajstić information content (AvgIpc) is 3.84. The van der Waals surface area contributed by atoms with Crippen LogP contribution in [0.4, 0.5) is 0 Å². The summed E-state index contributed by atoms with van der Waals surface area (Å²) in [6.07, 6.45) is 11.6. The molecule has 7 N–H and O–H groups in total. The fourth-order valence-corrected chi connectivity index (χ4v) is 6.31. The number of nitrogens with zero attached hydrogens (tertiary/aromatic N) is 2. The van der Waals surface area contributed by atoms with Crippen LogP contribution in [0, 0.1) is 0 Å². The first kappa shape index (κ1) is 43.7. The molecule has 0 unspecified atom stereocenters. The first-order valence-corrected chi connectivity index (χ1v) is 17.4. The van der Waals surface area contributed by atoms with E-state index in [0.717, 1.165) is 81.5 Å². The Morgan fingerprint density at radius 3 is 0.981 bits per heavy atom. The number of aromatic hydroxyl groups is 2. The van der Waals surface area contributed by atoms with Crippen LogP contribution in [0.25, 0.3) is 11.1 Å². The predicted octanol–water partition coefficient (Wildman–Crippen LogP) is 8.81. The number of aromatic nitrogens is 1. The fourth-order valence-electron chi connectivity index (χ4n) is 6.31. The van der Waals surface area contributed by atoms with Crippen LogP contribution < -0.4 is 0 Å². The number of benzene rings is 2. The van der Waals surface area contributed by atoms with Crippen molar-refractivity contribution in [3.63, 3.8) is 0 Å². The van der Waals surface area contributed by atoms with Crippen molar-refractivity contribution in [1.82, 2.24) is 4.98 Å². The smallest absolute Gasteiger partial charge is 0.123 e. The van der Waals surface area contributed by atoms with E-state index in [-0.39, 0.29) is 27.1 Å². The Kier molecular flexibility index (Phi) is 13.8. The molecule has 2 aromatic carbocycles. The summed E-state index contributed by atoms with van der Waals surface area (Å²) in [5, 5.41) is 37.0. The second kappa shape index (κ2) is 16.4. The van der Waals surface area contributed by atoms with Crippen LogP contribution in [0.1, 0.15) is 128 Å². The Morgan fingerprint density at radius 1 is 0.500 bits per heavy atom. The van der Waals surface area contributed by atoms with Gasteiger partial charge in [-0.3, -0.25) is 9.98 Å². The van der Waals surface area contributed by atoms with Crippen LogP contribution in [0.2, 0.25) is 0 Å². The van der Waals surface area contributed by atoms with Gasteiger partial charge in [0.25, 0.3) is 0 Å². The highest BCUT2D eigenvalue weighted by Gasteiger charge is 2.30. The second-order valence-electron chi connectivity index (χ2n) is 16.9. The van der Waals surface area contributed by atoms with E-state index in [1.54, 1.807) is 0 Å². The average molecular weight is 712 g/mol. The summed E-state index contributed by atoms with van der Waals surface area (Å²) in [4.78, 5) is 13.3. The van der Waals surface area contributed by atoms with Crippen LogP contribution >= 0.6 is 0 Å². The van der Waals surface area contributed by atoms with Crippen LogP contribution in [-0.4, -0.2) is 57.5 Å². The van der Waals surface area contributed by atoms with Gasteiger partial charge in [-0.15, -0.1) is 0 Å². The quantitative estimate of drug-likeness (QED) is 0.184. The van der Waals surface area contributed by atoms with E-state index in [4.69, 9.17) is 20.2 Å². The molecule has 0 amide bonds. The first-order valence-electron chi connectivity index (χ1n) is 17.4. The van der Waals surface area contributed by atoms with Gasteiger partial charge in [0.05, 0.1) is 11.4 Å². The lowest BCUT2D eigenvalue weighted by molar-refractivity contribution is 0.399. The molecule has 0 radical (unpaired) electrons. The summed E-state index contributed by atoms with van der Waals surface area (Å²) < 4.78 is 0. The molecule has 5 rings (SSSR count). The molecule has 2 aliphatic rings. The number of aromatic amines is 1. The molecule has 52 heavy (non-hydrogen) atoms. The summed E-state index contributed by atoms with van der Waals surface area (Å²) in [5.41, 5.74) is 9.96. The zero-order valence-electron chi connectivity index (χ0n) is 33.6. The van der Waals surface area contributed by atoms with Crippen molar-refractivity contribution < 1.29 is 25.9 Å².